The monoisotopic (exact) mass is 494 g/mol. The first-order valence-corrected chi connectivity index (χ1v) is 11.2. The Morgan fingerprint density at radius 3 is 2.20 bits per heavy atom. The number of anilines is 1. The number of aromatic carboxylic acids is 1. The van der Waals surface area contributed by atoms with Crippen LogP contribution in [0.15, 0.2) is 66.7 Å². The van der Waals surface area contributed by atoms with Gasteiger partial charge in [-0.25, -0.2) is 9.59 Å². The molecule has 0 aromatic heterocycles. The third-order valence-corrected chi connectivity index (χ3v) is 6.09. The van der Waals surface area contributed by atoms with Crippen molar-refractivity contribution >= 4 is 35.3 Å². The first-order valence-electron chi connectivity index (χ1n) is 10.8. The number of amides is 2. The van der Waals surface area contributed by atoms with Gasteiger partial charge in [0, 0.05) is 13.0 Å². The first-order chi connectivity index (χ1) is 16.9. The number of hydrogen-bond acceptors (Lipinski definition) is 5. The number of ether oxygens (including phenoxy) is 2. The molecule has 0 heterocycles. The maximum atomic E-state index is 12.8. The van der Waals surface area contributed by atoms with E-state index in [0.29, 0.717) is 0 Å². The van der Waals surface area contributed by atoms with Crippen LogP contribution in [0.1, 0.15) is 27.4 Å². The molecule has 0 radical (unpaired) electrons. The van der Waals surface area contributed by atoms with Gasteiger partial charge in [0.1, 0.15) is 18.2 Å². The van der Waals surface area contributed by atoms with E-state index in [1.54, 1.807) is 0 Å². The number of methoxy groups -OCH3 is 1. The zero-order valence-electron chi connectivity index (χ0n) is 18.8. The number of carbonyl (C=O) groups is 3. The summed E-state index contributed by atoms with van der Waals surface area (Å²) >= 11 is 5.96. The second-order valence-electron chi connectivity index (χ2n) is 7.93. The van der Waals surface area contributed by atoms with Gasteiger partial charge in [0.25, 0.3) is 0 Å². The molecule has 0 saturated heterocycles. The molecule has 1 atom stereocenters. The fraction of sp³-hybridized carbons (Fsp3) is 0.192. The normalized spacial score (nSPS) is 12.9. The number of benzene rings is 3. The highest BCUT2D eigenvalue weighted by molar-refractivity contribution is 6.34. The molecular weight excluding hydrogens is 472 g/mol. The molecule has 8 nitrogen and oxygen atoms in total. The predicted octanol–water partition coefficient (Wildman–Crippen LogP) is 4.53. The topological polar surface area (TPSA) is 114 Å². The van der Waals surface area contributed by atoms with Gasteiger partial charge in [0.2, 0.25) is 5.91 Å². The molecule has 0 fully saturated rings. The number of carbonyl (C=O) groups excluding carboxylic acids is 2. The van der Waals surface area contributed by atoms with Crippen LogP contribution in [0, 0.1) is 0 Å². The molecule has 9 heteroatoms. The first kappa shape index (κ1) is 24.3. The van der Waals surface area contributed by atoms with Gasteiger partial charge in [-0.3, -0.25) is 4.79 Å². The van der Waals surface area contributed by atoms with Crippen molar-refractivity contribution in [3.8, 4) is 11.1 Å². The molecule has 0 unspecified atom stereocenters. The van der Waals surface area contributed by atoms with Crippen molar-refractivity contribution in [2.24, 2.45) is 0 Å². The fourth-order valence-electron chi connectivity index (χ4n) is 4.20. The number of halogens is 1. The van der Waals surface area contributed by atoms with E-state index in [9.17, 15) is 19.5 Å². The van der Waals surface area contributed by atoms with Gasteiger partial charge in [-0.1, -0.05) is 66.2 Å². The quantitative estimate of drug-likeness (QED) is 0.424. The van der Waals surface area contributed by atoms with Crippen molar-refractivity contribution in [1.29, 1.82) is 0 Å². The Balaban J connectivity index is 1.43. The van der Waals surface area contributed by atoms with Crippen molar-refractivity contribution in [1.82, 2.24) is 5.32 Å². The molecule has 3 aromatic carbocycles. The number of hydrogen-bond donors (Lipinski definition) is 3. The van der Waals surface area contributed by atoms with Crippen LogP contribution in [-0.4, -0.2) is 49.4 Å². The maximum Gasteiger partial charge on any atom is 0.407 e. The Labute approximate surface area is 206 Å². The van der Waals surface area contributed by atoms with Crippen molar-refractivity contribution < 1.29 is 29.0 Å². The number of fused-ring (bicyclic) bond motifs is 3. The van der Waals surface area contributed by atoms with E-state index in [4.69, 9.17) is 21.1 Å². The summed E-state index contributed by atoms with van der Waals surface area (Å²) in [5, 5.41) is 14.4. The Kier molecular flexibility index (Phi) is 7.33. The number of alkyl carbamates (subject to hydrolysis) is 1. The highest BCUT2D eigenvalue weighted by Gasteiger charge is 2.30. The van der Waals surface area contributed by atoms with Gasteiger partial charge in [0.15, 0.2) is 0 Å². The van der Waals surface area contributed by atoms with Gasteiger partial charge in [0.05, 0.1) is 17.3 Å². The lowest BCUT2D eigenvalue weighted by molar-refractivity contribution is -0.119. The summed E-state index contributed by atoms with van der Waals surface area (Å²) < 4.78 is 10.6. The third-order valence-electron chi connectivity index (χ3n) is 5.77. The predicted molar refractivity (Wildman–Crippen MR) is 131 cm³/mol. The van der Waals surface area contributed by atoms with Crippen LogP contribution < -0.4 is 10.6 Å². The molecule has 1 aliphatic rings. The largest absolute Gasteiger partial charge is 0.478 e. The SMILES string of the molecule is COC[C@H](NC(=O)OCC1c2ccccc2-c2ccccc21)C(=O)Nc1cccc(Cl)c1C(=O)O. The summed E-state index contributed by atoms with van der Waals surface area (Å²) in [5.41, 5.74) is 4.09. The number of nitrogens with one attached hydrogen (secondary N) is 2. The van der Waals surface area contributed by atoms with Crippen LogP contribution in [-0.2, 0) is 14.3 Å². The van der Waals surface area contributed by atoms with Crippen molar-refractivity contribution in [3.63, 3.8) is 0 Å². The second-order valence-corrected chi connectivity index (χ2v) is 8.34. The zero-order valence-corrected chi connectivity index (χ0v) is 19.5. The Morgan fingerprint density at radius 1 is 0.971 bits per heavy atom. The number of rotatable bonds is 8. The van der Waals surface area contributed by atoms with Crippen molar-refractivity contribution in [3.05, 3.63) is 88.4 Å². The summed E-state index contributed by atoms with van der Waals surface area (Å²) in [6.45, 7) is -0.0718. The average Bonchev–Trinajstić information content (AvgIpc) is 3.16. The second kappa shape index (κ2) is 10.6. The maximum absolute atomic E-state index is 12.8. The van der Waals surface area contributed by atoms with E-state index in [0.717, 1.165) is 22.3 Å². The molecule has 4 rings (SSSR count). The number of carboxylic acid groups (broad SMARTS) is 1. The Morgan fingerprint density at radius 2 is 1.60 bits per heavy atom. The summed E-state index contributed by atoms with van der Waals surface area (Å²) in [6, 6.07) is 19.1. The van der Waals surface area contributed by atoms with Crippen LogP contribution in [0.2, 0.25) is 5.02 Å². The van der Waals surface area contributed by atoms with Crippen molar-refractivity contribution in [2.75, 3.05) is 25.6 Å². The summed E-state index contributed by atoms with van der Waals surface area (Å²) in [5.74, 6) is -2.10. The molecule has 1 aliphatic carbocycles. The molecule has 0 bridgehead atoms. The highest BCUT2D eigenvalue weighted by Crippen LogP contribution is 2.44. The van der Waals surface area contributed by atoms with E-state index >= 15 is 0 Å². The minimum absolute atomic E-state index is 0.00504. The van der Waals surface area contributed by atoms with Crippen molar-refractivity contribution in [2.45, 2.75) is 12.0 Å². The van der Waals surface area contributed by atoms with Gasteiger partial charge in [-0.15, -0.1) is 0 Å². The van der Waals surface area contributed by atoms with Crippen LogP contribution in [0.4, 0.5) is 10.5 Å². The smallest absolute Gasteiger partial charge is 0.407 e. The highest BCUT2D eigenvalue weighted by atomic mass is 35.5. The molecular formula is C26H23ClN2O6. The van der Waals surface area contributed by atoms with E-state index < -0.39 is 24.0 Å². The van der Waals surface area contributed by atoms with Gasteiger partial charge in [-0.05, 0) is 34.4 Å². The summed E-state index contributed by atoms with van der Waals surface area (Å²) in [6.07, 6.45) is -0.798. The lowest BCUT2D eigenvalue weighted by Crippen LogP contribution is -2.47. The van der Waals surface area contributed by atoms with E-state index in [-0.39, 0.29) is 35.4 Å². The van der Waals surface area contributed by atoms with Crippen LogP contribution in [0.25, 0.3) is 11.1 Å². The number of carboxylic acids is 1. The molecule has 0 saturated carbocycles. The van der Waals surface area contributed by atoms with E-state index in [1.807, 2.05) is 48.5 Å². The molecule has 180 valence electrons. The fourth-order valence-corrected chi connectivity index (χ4v) is 4.45. The summed E-state index contributed by atoms with van der Waals surface area (Å²) in [4.78, 5) is 37.0. The molecule has 0 aliphatic heterocycles. The molecule has 0 spiro atoms. The minimum Gasteiger partial charge on any atom is -0.478 e. The van der Waals surface area contributed by atoms with Crippen LogP contribution >= 0.6 is 11.6 Å². The molecule has 3 aromatic rings. The van der Waals surface area contributed by atoms with E-state index in [1.165, 1.54) is 25.3 Å². The molecule has 3 N–H and O–H groups in total. The van der Waals surface area contributed by atoms with Crippen LogP contribution in [0.3, 0.4) is 0 Å². The Hall–Kier alpha value is -3.88. The Bertz CT molecular complexity index is 1230. The lowest BCUT2D eigenvalue weighted by Gasteiger charge is -2.20. The lowest BCUT2D eigenvalue weighted by atomic mass is 9.98. The molecule has 35 heavy (non-hydrogen) atoms. The van der Waals surface area contributed by atoms with Gasteiger partial charge >= 0.3 is 12.1 Å². The van der Waals surface area contributed by atoms with Crippen LogP contribution in [0.5, 0.6) is 0 Å². The average molecular weight is 495 g/mol. The van der Waals surface area contributed by atoms with Gasteiger partial charge in [-0.2, -0.15) is 0 Å². The van der Waals surface area contributed by atoms with Gasteiger partial charge < -0.3 is 25.2 Å². The molecule has 2 amide bonds. The standard InChI is InChI=1S/C26H23ClN2O6/c1-34-14-22(24(30)28-21-12-6-11-20(27)23(21)25(31)32)29-26(33)35-13-19-17-9-4-2-7-15(17)16-8-3-5-10-18(16)19/h2-12,19,22H,13-14H2,1H3,(H,28,30)(H,29,33)(H,31,32)/t22-/m0/s1. The summed E-state index contributed by atoms with van der Waals surface area (Å²) in [7, 11) is 1.38. The zero-order chi connectivity index (χ0) is 24.9. The van der Waals surface area contributed by atoms with E-state index in [2.05, 4.69) is 10.6 Å². The third kappa shape index (κ3) is 5.13. The minimum atomic E-state index is -1.29.